The third kappa shape index (κ3) is 21.9. The van der Waals surface area contributed by atoms with E-state index in [-0.39, 0.29) is 17.7 Å². The second-order valence-electron chi connectivity index (χ2n) is 36.2. The molecule has 0 saturated carbocycles. The average molecular weight is 2060 g/mol. The van der Waals surface area contributed by atoms with Crippen LogP contribution in [0.15, 0.2) is 182 Å². The molecule has 5 unspecified atom stereocenters. The molecule has 0 aliphatic carbocycles. The van der Waals surface area contributed by atoms with Crippen LogP contribution >= 0.6 is 57.7 Å². The molecule has 5 aliphatic rings. The maximum atomic E-state index is 9.03. The number of hydrogen-bond acceptors (Lipinski definition) is 38. The third-order valence-electron chi connectivity index (χ3n) is 25.8. The number of oxime groups is 1. The van der Waals surface area contributed by atoms with Crippen LogP contribution < -0.4 is 53.2 Å². The van der Waals surface area contributed by atoms with Crippen LogP contribution in [-0.4, -0.2) is 177 Å². The molecule has 46 heteroatoms. The summed E-state index contributed by atoms with van der Waals surface area (Å²) in [5.74, 6) is 7.21. The molecule has 0 amide bonds. The van der Waals surface area contributed by atoms with Crippen LogP contribution in [0.4, 0.5) is 71.7 Å². The Morgan fingerprint density at radius 1 is 0.367 bits per heavy atom. The first kappa shape index (κ1) is 96.9. The zero-order valence-corrected chi connectivity index (χ0v) is 84.4. The van der Waals surface area contributed by atoms with Gasteiger partial charge in [-0.15, -0.1) is 0 Å². The predicted molar refractivity (Wildman–Crippen MR) is 567 cm³/mol. The highest BCUT2D eigenvalue weighted by Gasteiger charge is 2.30. The lowest BCUT2D eigenvalue weighted by atomic mass is 9.96. The average Bonchev–Trinajstić information content (AvgIpc) is 1.64. The van der Waals surface area contributed by atoms with Crippen LogP contribution in [0.2, 0.25) is 0 Å². The maximum absolute atomic E-state index is 9.03. The van der Waals surface area contributed by atoms with Crippen LogP contribution in [0.5, 0.6) is 0 Å². The number of pyridine rings is 1. The number of piperidine rings is 5. The molecular formula is C101H98N36O5S5. The van der Waals surface area contributed by atoms with Gasteiger partial charge in [0.05, 0.1) is 133 Å². The van der Waals surface area contributed by atoms with E-state index in [2.05, 4.69) is 162 Å². The van der Waals surface area contributed by atoms with Crippen molar-refractivity contribution in [3.05, 3.63) is 262 Å². The van der Waals surface area contributed by atoms with Gasteiger partial charge in [0.15, 0.2) is 28.2 Å². The minimum atomic E-state index is 0.255. The highest BCUT2D eigenvalue weighted by Crippen LogP contribution is 2.42. The number of nitriles is 1. The van der Waals surface area contributed by atoms with Crippen molar-refractivity contribution in [2.45, 2.75) is 128 Å². The number of aromatic nitrogens is 21. The monoisotopic (exact) mass is 2050 g/mol. The van der Waals surface area contributed by atoms with Gasteiger partial charge < -0.3 is 76.0 Å². The predicted octanol–water partition coefficient (Wildman–Crippen LogP) is 21.0. The number of nitrogens with one attached hydrogen (secondary N) is 10. The summed E-state index contributed by atoms with van der Waals surface area (Å²) < 4.78 is 52.2. The second-order valence-corrected chi connectivity index (χ2v) is 40.2. The molecule has 0 aromatic carbocycles. The summed E-state index contributed by atoms with van der Waals surface area (Å²) in [4.78, 5) is 39.2. The van der Waals surface area contributed by atoms with Gasteiger partial charge in [0.1, 0.15) is 77.8 Å². The number of furan rings is 4. The molecule has 5 fully saturated rings. The van der Waals surface area contributed by atoms with E-state index in [0.717, 1.165) is 325 Å². The smallest absolute Gasteiger partial charge is 0.346 e. The first-order chi connectivity index (χ1) is 72.0. The van der Waals surface area contributed by atoms with Crippen molar-refractivity contribution in [1.29, 1.82) is 5.26 Å². The standard InChI is InChI=1S/C21H20N8S.C20H21N7O2S.3C20H19N7OS/c1-13-7-20(30-28-13)27-19-8-18(15-3-2-6-23-10-15)26-21-17(12-25-29(19)21)14-4-5-16(9-22)24-11-14;1-12-5-19(30-26-12)25-18-7-17(13-3-2-4-21-8-13)24-20-16(10-22-27(18)20)14-6-15(9-23-28)29-11-14;3*1-12-6-19(29-26-12)25-17-8-16(13-4-3-5-22-9-13)24-20-15(10-23-27(17)20)14-7-18(21-2)28-11-14/h4-5,7-8,11-12,15,23,27H,2-3,6,10H2,1H3;5-7,9-11,13,21,25,28H,2-4,8H2,1H3;3*6-8,10-11,13,22,25H,3-5,9H2,1H3. The van der Waals surface area contributed by atoms with Crippen LogP contribution in [-0.2, 0) is 0 Å². The fourth-order valence-corrected chi connectivity index (χ4v) is 21.8. The quantitative estimate of drug-likeness (QED) is 0.0138. The Labute approximate surface area is 861 Å². The van der Waals surface area contributed by atoms with Gasteiger partial charge in [0.2, 0.25) is 0 Å². The van der Waals surface area contributed by atoms with Crippen LogP contribution in [0.25, 0.3) is 98.4 Å². The molecule has 25 heterocycles. The summed E-state index contributed by atoms with van der Waals surface area (Å²) in [6.07, 6.45) is 29.4. The number of nitrogens with zero attached hydrogens (tertiary/aromatic N) is 26. The van der Waals surface area contributed by atoms with Gasteiger partial charge in [-0.3, -0.25) is 0 Å². The van der Waals surface area contributed by atoms with Gasteiger partial charge in [-0.1, -0.05) is 5.16 Å². The van der Waals surface area contributed by atoms with Gasteiger partial charge in [-0.2, -0.15) is 89.7 Å². The summed E-state index contributed by atoms with van der Waals surface area (Å²) in [5.41, 5.74) is 22.6. The first-order valence-corrected chi connectivity index (χ1v) is 51.9. The Morgan fingerprint density at radius 3 is 0.850 bits per heavy atom. The van der Waals surface area contributed by atoms with Crippen molar-refractivity contribution >= 4 is 164 Å². The molecule has 0 radical (unpaired) electrons. The topological polar surface area (TPSA) is 471 Å². The van der Waals surface area contributed by atoms with Gasteiger partial charge in [0.25, 0.3) is 0 Å². The van der Waals surface area contributed by atoms with E-state index < -0.39 is 0 Å². The lowest BCUT2D eigenvalue weighted by Crippen LogP contribution is -2.29. The molecule has 742 valence electrons. The highest BCUT2D eigenvalue weighted by atomic mass is 32.1. The maximum Gasteiger partial charge on any atom is 0.346 e. The van der Waals surface area contributed by atoms with E-state index in [1.807, 2.05) is 75.5 Å². The van der Waals surface area contributed by atoms with Crippen LogP contribution in [0.1, 0.15) is 162 Å². The summed E-state index contributed by atoms with van der Waals surface area (Å²) in [5, 5.41) is 83.1. The molecule has 5 atom stereocenters. The van der Waals surface area contributed by atoms with Crippen LogP contribution in [0, 0.1) is 65.7 Å². The Kier molecular flexibility index (Phi) is 29.1. The number of fused-ring (bicyclic) bond motifs is 5. The molecule has 11 N–H and O–H groups in total. The van der Waals surface area contributed by atoms with E-state index in [1.54, 1.807) is 111 Å². The van der Waals surface area contributed by atoms with Crippen molar-refractivity contribution in [1.82, 2.24) is 126 Å². The molecular weight excluding hydrogens is 1960 g/mol. The molecule has 5 aliphatic heterocycles. The molecule has 0 spiro atoms. The van der Waals surface area contributed by atoms with E-state index in [4.69, 9.17) is 72.8 Å². The Balaban J connectivity index is 0.000000108. The van der Waals surface area contributed by atoms with E-state index >= 15 is 0 Å². The molecule has 20 aromatic rings. The molecule has 25 rings (SSSR count). The van der Waals surface area contributed by atoms with E-state index in [9.17, 15) is 0 Å². The van der Waals surface area contributed by atoms with Gasteiger partial charge >= 0.3 is 17.7 Å². The van der Waals surface area contributed by atoms with Gasteiger partial charge in [0, 0.05) is 154 Å². The van der Waals surface area contributed by atoms with Crippen molar-refractivity contribution < 1.29 is 22.9 Å². The largest absolute Gasteiger partial charge is 0.486 e. The van der Waals surface area contributed by atoms with Crippen molar-refractivity contribution in [3.63, 3.8) is 0 Å². The normalized spacial score (nSPS) is 16.8. The van der Waals surface area contributed by atoms with Crippen LogP contribution in [0.3, 0.4) is 0 Å². The van der Waals surface area contributed by atoms with Gasteiger partial charge in [-0.05, 0) is 256 Å². The molecule has 5 saturated heterocycles. The van der Waals surface area contributed by atoms with E-state index in [0.29, 0.717) is 41.0 Å². The number of hydrogen-bond donors (Lipinski definition) is 11. The molecule has 147 heavy (non-hydrogen) atoms. The summed E-state index contributed by atoms with van der Waals surface area (Å²) >= 11 is 7.11. The summed E-state index contributed by atoms with van der Waals surface area (Å²) in [6, 6.07) is 33.1. The minimum absolute atomic E-state index is 0.255. The second kappa shape index (κ2) is 44.1. The molecule has 41 nitrogen and oxygen atoms in total. The fraction of sp³-hybridized carbons (Fsp3) is 0.297. The number of aryl methyl sites for hydroxylation is 5. The van der Waals surface area contributed by atoms with Crippen molar-refractivity contribution in [2.75, 3.05) is 92.0 Å². The Hall–Kier alpha value is -16.3. The zero-order valence-electron chi connectivity index (χ0n) is 80.4. The summed E-state index contributed by atoms with van der Waals surface area (Å²) in [6.45, 7) is 41.2. The molecule has 0 bridgehead atoms. The van der Waals surface area contributed by atoms with Crippen molar-refractivity contribution in [2.24, 2.45) is 5.16 Å². The first-order valence-electron chi connectivity index (χ1n) is 48.1. The Morgan fingerprint density at radius 2 is 0.633 bits per heavy atom. The van der Waals surface area contributed by atoms with Crippen molar-refractivity contribution in [3.8, 4) is 61.7 Å². The number of rotatable bonds is 21. The van der Waals surface area contributed by atoms with Gasteiger partial charge in [-0.25, -0.2) is 29.9 Å². The SMILES string of the molecule is Cc1cc(Nc2cc(C3CCCNC3)nc3c(-c4ccc(C#N)nc4)cnn23)sn1.Cc1cc(Nc2cc(C3CCCNC3)nc3c(-c4coc(C=NO)c4)cnn23)sn1.[C-]#[N+]c1cc(-c2cnn3c(Nc4cc(C)ns4)cc(C4CCCNC4)nc23)co1.[C-]#[N+]c1cc(-c2cnn3c(Nc4cc(C)ns4)cc(C4CCCNC4)nc23)co1.[C-]#[N+]c1cc(-c2cnn3c(Nc4cc(C)ns4)cc(C4CCCNC4)nc23)co1. The minimum Gasteiger partial charge on any atom is -0.486 e. The Bertz CT molecular complexity index is 7830. The number of anilines is 10. The lowest BCUT2D eigenvalue weighted by molar-refractivity contribution is 0.320. The zero-order chi connectivity index (χ0) is 100. The fourth-order valence-electron chi connectivity index (χ4n) is 18.5. The third-order valence-corrected chi connectivity index (χ3v) is 29.7. The van der Waals surface area contributed by atoms with E-state index in [1.165, 1.54) is 63.9 Å². The lowest BCUT2D eigenvalue weighted by Gasteiger charge is -2.23. The molecule has 20 aromatic heterocycles. The highest BCUT2D eigenvalue weighted by molar-refractivity contribution is 7.11. The summed E-state index contributed by atoms with van der Waals surface area (Å²) in [7, 11) is 0.